The van der Waals surface area contributed by atoms with Crippen molar-refractivity contribution in [3.05, 3.63) is 23.9 Å². The molecule has 0 spiro atoms. The van der Waals surface area contributed by atoms with Crippen LogP contribution in [0.5, 0.6) is 0 Å². The summed E-state index contributed by atoms with van der Waals surface area (Å²) in [7, 11) is -3.29. The number of ether oxygens (including phenoxy) is 1. The molecule has 1 aromatic rings. The lowest BCUT2D eigenvalue weighted by molar-refractivity contribution is 0.0366. The normalized spacial score (nSPS) is 18.9. The number of aromatic nitrogens is 1. The van der Waals surface area contributed by atoms with E-state index in [2.05, 4.69) is 9.88 Å². The van der Waals surface area contributed by atoms with Gasteiger partial charge in [0, 0.05) is 38.1 Å². The first-order chi connectivity index (χ1) is 9.47. The summed E-state index contributed by atoms with van der Waals surface area (Å²) in [6.07, 6.45) is 3.44. The number of nitrogens with zero attached hydrogens (tertiary/aromatic N) is 2. The number of nitrogens with two attached hydrogens (primary N) is 1. The molecule has 0 aliphatic carbocycles. The topological polar surface area (TPSA) is 85.5 Å². The molecule has 7 heteroatoms. The molecule has 6 nitrogen and oxygen atoms in total. The molecule has 0 saturated carbocycles. The van der Waals surface area contributed by atoms with Crippen molar-refractivity contribution in [2.75, 3.05) is 39.1 Å². The summed E-state index contributed by atoms with van der Waals surface area (Å²) in [5.74, 6) is 0. The van der Waals surface area contributed by atoms with Crippen molar-refractivity contribution in [2.24, 2.45) is 5.73 Å². The van der Waals surface area contributed by atoms with Gasteiger partial charge in [-0.05, 0) is 24.1 Å². The van der Waals surface area contributed by atoms with E-state index in [1.165, 1.54) is 6.20 Å². The highest BCUT2D eigenvalue weighted by atomic mass is 32.2. The van der Waals surface area contributed by atoms with Crippen molar-refractivity contribution in [2.45, 2.75) is 17.5 Å². The Morgan fingerprint density at radius 3 is 2.80 bits per heavy atom. The Labute approximate surface area is 119 Å². The van der Waals surface area contributed by atoms with Crippen molar-refractivity contribution in [1.29, 1.82) is 0 Å². The van der Waals surface area contributed by atoms with Crippen LogP contribution in [0.3, 0.4) is 0 Å². The van der Waals surface area contributed by atoms with Gasteiger partial charge in [-0.1, -0.05) is 0 Å². The van der Waals surface area contributed by atoms with E-state index in [1.807, 2.05) is 0 Å². The van der Waals surface area contributed by atoms with Crippen molar-refractivity contribution >= 4 is 9.84 Å². The lowest BCUT2D eigenvalue weighted by atomic mass is 10.1. The number of hydrogen-bond acceptors (Lipinski definition) is 6. The maximum Gasteiger partial charge on any atom is 0.192 e. The zero-order chi connectivity index (χ0) is 14.6. The third-order valence-corrected chi connectivity index (χ3v) is 4.41. The van der Waals surface area contributed by atoms with Gasteiger partial charge in [-0.15, -0.1) is 0 Å². The summed E-state index contributed by atoms with van der Waals surface area (Å²) >= 11 is 0. The minimum absolute atomic E-state index is 0.0804. The molecule has 1 aliphatic rings. The van der Waals surface area contributed by atoms with E-state index in [-0.39, 0.29) is 11.1 Å². The SMILES string of the molecule is CS(=O)(=O)c1cc([C@@H](N)CCN2CCOCC2)ccn1. The highest BCUT2D eigenvalue weighted by Crippen LogP contribution is 2.17. The van der Waals surface area contributed by atoms with Crippen LogP contribution in [0.1, 0.15) is 18.0 Å². The number of morpholine rings is 1. The number of sulfone groups is 1. The third-order valence-electron chi connectivity index (χ3n) is 3.43. The van der Waals surface area contributed by atoms with Gasteiger partial charge in [0.2, 0.25) is 0 Å². The van der Waals surface area contributed by atoms with Crippen molar-refractivity contribution in [1.82, 2.24) is 9.88 Å². The van der Waals surface area contributed by atoms with Crippen molar-refractivity contribution < 1.29 is 13.2 Å². The number of rotatable bonds is 5. The fraction of sp³-hybridized carbons (Fsp3) is 0.615. The van der Waals surface area contributed by atoms with Gasteiger partial charge >= 0.3 is 0 Å². The molecule has 1 fully saturated rings. The van der Waals surface area contributed by atoms with Crippen LogP contribution < -0.4 is 5.73 Å². The molecule has 0 radical (unpaired) electrons. The van der Waals surface area contributed by atoms with E-state index in [4.69, 9.17) is 10.5 Å². The molecular weight excluding hydrogens is 278 g/mol. The highest BCUT2D eigenvalue weighted by Gasteiger charge is 2.15. The van der Waals surface area contributed by atoms with E-state index in [1.54, 1.807) is 12.1 Å². The molecular formula is C13H21N3O3S. The van der Waals surface area contributed by atoms with E-state index in [9.17, 15) is 8.42 Å². The Balaban J connectivity index is 1.96. The number of hydrogen-bond donors (Lipinski definition) is 1. The van der Waals surface area contributed by atoms with Gasteiger partial charge in [0.15, 0.2) is 14.9 Å². The fourth-order valence-corrected chi connectivity index (χ4v) is 2.77. The molecule has 0 aromatic carbocycles. The predicted octanol–water partition coefficient (Wildman–Crippen LogP) is 0.207. The van der Waals surface area contributed by atoms with E-state index >= 15 is 0 Å². The lowest BCUT2D eigenvalue weighted by Crippen LogP contribution is -2.37. The standard InChI is InChI=1S/C13H21N3O3S/c1-20(17,18)13-10-11(2-4-15-13)12(14)3-5-16-6-8-19-9-7-16/h2,4,10,12H,3,5-9,14H2,1H3/t12-/m0/s1. The molecule has 112 valence electrons. The molecule has 2 heterocycles. The second kappa shape index (κ2) is 6.62. The van der Waals surface area contributed by atoms with Gasteiger partial charge in [0.25, 0.3) is 0 Å². The molecule has 2 N–H and O–H groups in total. The molecule has 1 aliphatic heterocycles. The molecule has 20 heavy (non-hydrogen) atoms. The quantitative estimate of drug-likeness (QED) is 0.836. The van der Waals surface area contributed by atoms with Crippen LogP contribution in [0, 0.1) is 0 Å². The average Bonchev–Trinajstić information content (AvgIpc) is 2.45. The van der Waals surface area contributed by atoms with Crippen LogP contribution in [0.15, 0.2) is 23.4 Å². The summed E-state index contributed by atoms with van der Waals surface area (Å²) in [6, 6.07) is 3.17. The zero-order valence-corrected chi connectivity index (χ0v) is 12.5. The van der Waals surface area contributed by atoms with Crippen LogP contribution in [-0.2, 0) is 14.6 Å². The Morgan fingerprint density at radius 2 is 2.15 bits per heavy atom. The summed E-state index contributed by atoms with van der Waals surface area (Å²) in [5.41, 5.74) is 6.96. The van der Waals surface area contributed by atoms with Gasteiger partial charge < -0.3 is 10.5 Å². The van der Waals surface area contributed by atoms with E-state index < -0.39 is 9.84 Å². The fourth-order valence-electron chi connectivity index (χ4n) is 2.17. The van der Waals surface area contributed by atoms with E-state index in [0.29, 0.717) is 0 Å². The predicted molar refractivity (Wildman–Crippen MR) is 76.2 cm³/mol. The van der Waals surface area contributed by atoms with Crippen LogP contribution in [0.2, 0.25) is 0 Å². The third kappa shape index (κ3) is 4.24. The summed E-state index contributed by atoms with van der Waals surface area (Å²) < 4.78 is 28.3. The summed E-state index contributed by atoms with van der Waals surface area (Å²) in [5, 5.41) is 0.0804. The summed E-state index contributed by atoms with van der Waals surface area (Å²) in [4.78, 5) is 6.18. The smallest absolute Gasteiger partial charge is 0.192 e. The molecule has 2 rings (SSSR count). The van der Waals surface area contributed by atoms with Crippen LogP contribution in [-0.4, -0.2) is 57.4 Å². The zero-order valence-electron chi connectivity index (χ0n) is 11.7. The number of pyridine rings is 1. The maximum atomic E-state index is 11.5. The van der Waals surface area contributed by atoms with E-state index in [0.717, 1.165) is 51.1 Å². The highest BCUT2D eigenvalue weighted by molar-refractivity contribution is 7.90. The Kier molecular flexibility index (Phi) is 5.09. The molecule has 0 amide bonds. The lowest BCUT2D eigenvalue weighted by Gasteiger charge is -2.27. The van der Waals surface area contributed by atoms with Crippen LogP contribution in [0.25, 0.3) is 0 Å². The molecule has 0 unspecified atom stereocenters. The Bertz CT molecular complexity index is 542. The first-order valence-corrected chi connectivity index (χ1v) is 8.57. The second-order valence-corrected chi connectivity index (χ2v) is 7.01. The molecule has 0 bridgehead atoms. The molecule has 1 atom stereocenters. The second-order valence-electron chi connectivity index (χ2n) is 5.05. The van der Waals surface area contributed by atoms with Crippen LogP contribution in [0.4, 0.5) is 0 Å². The van der Waals surface area contributed by atoms with Gasteiger partial charge in [-0.2, -0.15) is 0 Å². The van der Waals surface area contributed by atoms with Crippen LogP contribution >= 0.6 is 0 Å². The first kappa shape index (κ1) is 15.4. The van der Waals surface area contributed by atoms with Gasteiger partial charge in [0.05, 0.1) is 13.2 Å². The largest absolute Gasteiger partial charge is 0.379 e. The van der Waals surface area contributed by atoms with Gasteiger partial charge in [0.1, 0.15) is 0 Å². The Morgan fingerprint density at radius 1 is 1.45 bits per heavy atom. The maximum absolute atomic E-state index is 11.5. The minimum Gasteiger partial charge on any atom is -0.379 e. The molecule has 1 aromatic heterocycles. The molecule has 1 saturated heterocycles. The Hall–Kier alpha value is -1.02. The van der Waals surface area contributed by atoms with Gasteiger partial charge in [-0.25, -0.2) is 13.4 Å². The minimum atomic E-state index is -3.29. The average molecular weight is 299 g/mol. The first-order valence-electron chi connectivity index (χ1n) is 6.68. The van der Waals surface area contributed by atoms with Crippen molar-refractivity contribution in [3.63, 3.8) is 0 Å². The van der Waals surface area contributed by atoms with Crippen molar-refractivity contribution in [3.8, 4) is 0 Å². The summed E-state index contributed by atoms with van der Waals surface area (Å²) in [6.45, 7) is 4.28. The monoisotopic (exact) mass is 299 g/mol. The van der Waals surface area contributed by atoms with Gasteiger partial charge in [-0.3, -0.25) is 4.90 Å².